The van der Waals surface area contributed by atoms with E-state index in [4.69, 9.17) is 9.47 Å². The van der Waals surface area contributed by atoms with Gasteiger partial charge in [-0.25, -0.2) is 4.68 Å². The van der Waals surface area contributed by atoms with Gasteiger partial charge in [0.05, 0.1) is 31.6 Å². The number of amides is 1. The number of carbonyl (C=O) groups is 1. The Kier molecular flexibility index (Phi) is 6.30. The summed E-state index contributed by atoms with van der Waals surface area (Å²) in [5, 5.41) is 4.67. The zero-order chi connectivity index (χ0) is 22.7. The van der Waals surface area contributed by atoms with Crippen LogP contribution in [0.15, 0.2) is 54.6 Å². The Bertz CT molecular complexity index is 1130. The molecule has 6 nitrogen and oxygen atoms in total. The molecular formula is C26H29N3O3. The molecule has 1 aromatic heterocycles. The molecule has 0 bridgehead atoms. The molecule has 2 heterocycles. The number of likely N-dealkylation sites (tertiary alicyclic amines) is 1. The van der Waals surface area contributed by atoms with Crippen molar-refractivity contribution in [2.45, 2.75) is 32.7 Å². The van der Waals surface area contributed by atoms with Crippen LogP contribution < -0.4 is 9.47 Å². The highest BCUT2D eigenvalue weighted by molar-refractivity contribution is 5.92. The number of ether oxygens (including phenoxy) is 2. The molecule has 32 heavy (non-hydrogen) atoms. The third-order valence-electron chi connectivity index (χ3n) is 6.07. The highest BCUT2D eigenvalue weighted by atomic mass is 16.5. The zero-order valence-corrected chi connectivity index (χ0v) is 19.0. The average molecular weight is 432 g/mol. The van der Waals surface area contributed by atoms with Crippen LogP contribution in [0, 0.1) is 13.8 Å². The monoisotopic (exact) mass is 431 g/mol. The van der Waals surface area contributed by atoms with Crippen LogP contribution in [0.5, 0.6) is 11.5 Å². The molecule has 0 radical (unpaired) electrons. The van der Waals surface area contributed by atoms with Gasteiger partial charge in [-0.2, -0.15) is 5.10 Å². The predicted molar refractivity (Wildman–Crippen MR) is 125 cm³/mol. The fraction of sp³-hybridized carbons (Fsp3) is 0.308. The van der Waals surface area contributed by atoms with Gasteiger partial charge in [0.2, 0.25) is 5.91 Å². The third-order valence-corrected chi connectivity index (χ3v) is 6.07. The van der Waals surface area contributed by atoms with Gasteiger partial charge >= 0.3 is 0 Å². The van der Waals surface area contributed by atoms with Crippen molar-refractivity contribution in [1.29, 1.82) is 0 Å². The second kappa shape index (κ2) is 9.30. The highest BCUT2D eigenvalue weighted by Crippen LogP contribution is 2.39. The van der Waals surface area contributed by atoms with E-state index in [-0.39, 0.29) is 11.9 Å². The standard InChI is InChI=1S/C26H29N3O3/c1-18-22(19(2)29(27-18)20-9-6-5-7-10-20)13-15-26(30)28-16-8-11-24(28)23-17-21(31-3)12-14-25(23)32-4/h5-7,9-10,12-15,17,24H,8,11,16H2,1-4H3/b15-13+. The van der Waals surface area contributed by atoms with Gasteiger partial charge in [0.25, 0.3) is 0 Å². The molecule has 1 fully saturated rings. The summed E-state index contributed by atoms with van der Waals surface area (Å²) in [7, 11) is 3.30. The van der Waals surface area contributed by atoms with Crippen molar-refractivity contribution in [2.75, 3.05) is 20.8 Å². The minimum atomic E-state index is -0.0357. The Balaban J connectivity index is 1.59. The number of hydrogen-bond donors (Lipinski definition) is 0. The Morgan fingerprint density at radius 2 is 1.88 bits per heavy atom. The first-order valence-electron chi connectivity index (χ1n) is 10.9. The minimum Gasteiger partial charge on any atom is -0.497 e. The third kappa shape index (κ3) is 4.13. The highest BCUT2D eigenvalue weighted by Gasteiger charge is 2.31. The molecule has 6 heteroatoms. The average Bonchev–Trinajstić information content (AvgIpc) is 3.42. The van der Waals surface area contributed by atoms with E-state index in [1.54, 1.807) is 20.3 Å². The number of para-hydroxylation sites is 1. The Hall–Kier alpha value is -3.54. The quantitative estimate of drug-likeness (QED) is 0.522. The molecule has 1 amide bonds. The molecule has 0 aliphatic carbocycles. The van der Waals surface area contributed by atoms with Crippen molar-refractivity contribution < 1.29 is 14.3 Å². The number of rotatable bonds is 6. The molecule has 0 N–H and O–H groups in total. The van der Waals surface area contributed by atoms with E-state index in [0.29, 0.717) is 0 Å². The summed E-state index contributed by atoms with van der Waals surface area (Å²) in [4.78, 5) is 15.1. The lowest BCUT2D eigenvalue weighted by Crippen LogP contribution is -2.29. The second-order valence-electron chi connectivity index (χ2n) is 7.96. The van der Waals surface area contributed by atoms with E-state index < -0.39 is 0 Å². The van der Waals surface area contributed by atoms with Gasteiger partial charge in [0.1, 0.15) is 11.5 Å². The first kappa shape index (κ1) is 21.7. The lowest BCUT2D eigenvalue weighted by Gasteiger charge is -2.25. The maximum Gasteiger partial charge on any atom is 0.247 e. The van der Waals surface area contributed by atoms with Crippen molar-refractivity contribution in [3.05, 3.63) is 77.1 Å². The molecule has 3 aromatic rings. The van der Waals surface area contributed by atoms with E-state index in [0.717, 1.165) is 59.1 Å². The summed E-state index contributed by atoms with van der Waals surface area (Å²) in [6, 6.07) is 15.7. The number of aromatic nitrogens is 2. The van der Waals surface area contributed by atoms with Gasteiger partial charge in [-0.1, -0.05) is 18.2 Å². The van der Waals surface area contributed by atoms with E-state index in [1.165, 1.54) is 0 Å². The summed E-state index contributed by atoms with van der Waals surface area (Å²) < 4.78 is 12.9. The van der Waals surface area contributed by atoms with Crippen LogP contribution in [-0.2, 0) is 4.79 Å². The van der Waals surface area contributed by atoms with Crippen molar-refractivity contribution in [3.8, 4) is 17.2 Å². The van der Waals surface area contributed by atoms with Crippen LogP contribution in [0.2, 0.25) is 0 Å². The summed E-state index contributed by atoms with van der Waals surface area (Å²) >= 11 is 0. The van der Waals surface area contributed by atoms with Gasteiger partial charge in [0, 0.05) is 29.4 Å². The molecule has 4 rings (SSSR count). The van der Waals surface area contributed by atoms with Crippen LogP contribution >= 0.6 is 0 Å². The number of benzene rings is 2. The minimum absolute atomic E-state index is 0.0105. The Morgan fingerprint density at radius 3 is 2.59 bits per heavy atom. The van der Waals surface area contributed by atoms with Crippen LogP contribution in [0.4, 0.5) is 0 Å². The molecule has 0 spiro atoms. The van der Waals surface area contributed by atoms with E-state index >= 15 is 0 Å². The normalized spacial score (nSPS) is 16.0. The molecule has 1 aliphatic heterocycles. The smallest absolute Gasteiger partial charge is 0.247 e. The lowest BCUT2D eigenvalue weighted by molar-refractivity contribution is -0.126. The van der Waals surface area contributed by atoms with E-state index in [2.05, 4.69) is 5.10 Å². The largest absolute Gasteiger partial charge is 0.497 e. The molecule has 2 aromatic carbocycles. The molecular weight excluding hydrogens is 402 g/mol. The predicted octanol–water partition coefficient (Wildman–Crippen LogP) is 4.88. The first-order chi connectivity index (χ1) is 15.5. The van der Waals surface area contributed by atoms with Crippen molar-refractivity contribution >= 4 is 12.0 Å². The summed E-state index contributed by atoms with van der Waals surface area (Å²) in [6.07, 6.45) is 5.40. The lowest BCUT2D eigenvalue weighted by atomic mass is 10.0. The zero-order valence-electron chi connectivity index (χ0n) is 19.0. The van der Waals surface area contributed by atoms with Crippen molar-refractivity contribution in [1.82, 2.24) is 14.7 Å². The number of carbonyl (C=O) groups excluding carboxylic acids is 1. The SMILES string of the molecule is COc1ccc(OC)c(C2CCCN2C(=O)/C=C/c2c(C)nn(-c3ccccc3)c2C)c1. The number of hydrogen-bond acceptors (Lipinski definition) is 4. The molecule has 1 unspecified atom stereocenters. The summed E-state index contributed by atoms with van der Waals surface area (Å²) in [6.45, 7) is 4.71. The Labute approximate surface area is 189 Å². The van der Waals surface area contributed by atoms with E-state index in [1.807, 2.05) is 78.0 Å². The first-order valence-corrected chi connectivity index (χ1v) is 10.9. The van der Waals surface area contributed by atoms with Crippen molar-refractivity contribution in [2.24, 2.45) is 0 Å². The van der Waals surface area contributed by atoms with Crippen LogP contribution in [-0.4, -0.2) is 41.4 Å². The fourth-order valence-electron chi connectivity index (χ4n) is 4.42. The van der Waals surface area contributed by atoms with Crippen LogP contribution in [0.3, 0.4) is 0 Å². The summed E-state index contributed by atoms with van der Waals surface area (Å²) in [5.74, 6) is 1.52. The molecule has 1 atom stereocenters. The number of methoxy groups -OCH3 is 2. The molecule has 1 aliphatic rings. The van der Waals surface area contributed by atoms with Gasteiger partial charge in [-0.05, 0) is 63.1 Å². The van der Waals surface area contributed by atoms with Gasteiger partial charge < -0.3 is 14.4 Å². The van der Waals surface area contributed by atoms with Crippen molar-refractivity contribution in [3.63, 3.8) is 0 Å². The van der Waals surface area contributed by atoms with Crippen LogP contribution in [0.25, 0.3) is 11.8 Å². The topological polar surface area (TPSA) is 56.6 Å². The van der Waals surface area contributed by atoms with Gasteiger partial charge in [-0.15, -0.1) is 0 Å². The Morgan fingerprint density at radius 1 is 1.09 bits per heavy atom. The van der Waals surface area contributed by atoms with Gasteiger partial charge in [0.15, 0.2) is 0 Å². The fourth-order valence-corrected chi connectivity index (χ4v) is 4.42. The molecule has 1 saturated heterocycles. The number of aryl methyl sites for hydroxylation is 1. The summed E-state index contributed by atoms with van der Waals surface area (Å²) in [5.41, 5.74) is 4.85. The maximum atomic E-state index is 13.2. The van der Waals surface area contributed by atoms with Crippen LogP contribution in [0.1, 0.15) is 41.4 Å². The second-order valence-corrected chi connectivity index (χ2v) is 7.96. The van der Waals surface area contributed by atoms with E-state index in [9.17, 15) is 4.79 Å². The van der Waals surface area contributed by atoms with Gasteiger partial charge in [-0.3, -0.25) is 4.79 Å². The number of nitrogens with zero attached hydrogens (tertiary/aromatic N) is 3. The molecule has 0 saturated carbocycles. The maximum absolute atomic E-state index is 13.2. The molecule has 166 valence electrons.